The molecule has 0 N–H and O–H groups in total. The third kappa shape index (κ3) is 3.39. The molecular weight excluding hydrogens is 377 g/mol. The first-order valence-corrected chi connectivity index (χ1v) is 9.88. The number of carbonyl (C=O) groups excluding carboxylic acids is 1. The van der Waals surface area contributed by atoms with Gasteiger partial charge in [0.15, 0.2) is 0 Å². The fourth-order valence-corrected chi connectivity index (χ4v) is 3.99. The van der Waals surface area contributed by atoms with Crippen LogP contribution in [0.4, 0.5) is 4.39 Å². The monoisotopic (exact) mass is 397 g/mol. The lowest BCUT2D eigenvalue weighted by atomic mass is 9.98. The van der Waals surface area contributed by atoms with E-state index in [2.05, 4.69) is 17.1 Å². The molecule has 0 bridgehead atoms. The van der Waals surface area contributed by atoms with Crippen LogP contribution in [-0.4, -0.2) is 20.4 Å². The van der Waals surface area contributed by atoms with Crippen molar-refractivity contribution in [2.75, 3.05) is 0 Å². The number of hydrogen-bond acceptors (Lipinski definition) is 2. The van der Waals surface area contributed by atoms with E-state index in [1.54, 1.807) is 29.6 Å². The summed E-state index contributed by atoms with van der Waals surface area (Å²) < 4.78 is 15.2. The molecule has 0 aliphatic carbocycles. The van der Waals surface area contributed by atoms with Gasteiger partial charge in [0.05, 0.1) is 18.6 Å². The van der Waals surface area contributed by atoms with Crippen LogP contribution in [0, 0.1) is 5.82 Å². The van der Waals surface area contributed by atoms with E-state index >= 15 is 0 Å². The second-order valence-corrected chi connectivity index (χ2v) is 7.50. The van der Waals surface area contributed by atoms with Crippen molar-refractivity contribution in [1.29, 1.82) is 0 Å². The van der Waals surface area contributed by atoms with Gasteiger partial charge in [-0.3, -0.25) is 4.79 Å². The van der Waals surface area contributed by atoms with Crippen LogP contribution >= 0.6 is 0 Å². The highest BCUT2D eigenvalue weighted by atomic mass is 19.1. The van der Waals surface area contributed by atoms with Crippen molar-refractivity contribution < 1.29 is 9.18 Å². The molecule has 5 heteroatoms. The summed E-state index contributed by atoms with van der Waals surface area (Å²) in [6, 6.07) is 24.1. The topological polar surface area (TPSA) is 38.1 Å². The van der Waals surface area contributed by atoms with E-state index in [0.717, 1.165) is 27.9 Å². The van der Waals surface area contributed by atoms with Crippen LogP contribution in [-0.2, 0) is 17.9 Å². The summed E-state index contributed by atoms with van der Waals surface area (Å²) in [4.78, 5) is 19.5. The predicted molar refractivity (Wildman–Crippen MR) is 113 cm³/mol. The summed E-state index contributed by atoms with van der Waals surface area (Å²) in [5.74, 6) is -0.268. The van der Waals surface area contributed by atoms with Gasteiger partial charge in [0.25, 0.3) is 5.91 Å². The van der Waals surface area contributed by atoms with E-state index < -0.39 is 6.04 Å². The first-order chi connectivity index (χ1) is 14.7. The van der Waals surface area contributed by atoms with Crippen LogP contribution in [0.3, 0.4) is 0 Å². The normalized spacial score (nSPS) is 15.8. The second-order valence-electron chi connectivity index (χ2n) is 7.50. The smallest absolute Gasteiger partial charge is 0.250 e. The molecular formula is C25H20FN3O. The molecule has 4 nitrogen and oxygen atoms in total. The molecule has 0 saturated heterocycles. The summed E-state index contributed by atoms with van der Waals surface area (Å²) in [6.45, 7) is 0.914. The first-order valence-electron chi connectivity index (χ1n) is 9.88. The average molecular weight is 397 g/mol. The Morgan fingerprint density at radius 1 is 0.900 bits per heavy atom. The fraction of sp³-hybridized carbons (Fsp3) is 0.120. The van der Waals surface area contributed by atoms with E-state index in [-0.39, 0.29) is 11.7 Å². The highest BCUT2D eigenvalue weighted by Gasteiger charge is 2.34. The molecule has 1 aromatic heterocycles. The zero-order valence-corrected chi connectivity index (χ0v) is 16.3. The molecule has 0 radical (unpaired) electrons. The number of amides is 1. The van der Waals surface area contributed by atoms with Crippen LogP contribution in [0.25, 0.3) is 11.1 Å². The van der Waals surface area contributed by atoms with Gasteiger partial charge in [-0.1, -0.05) is 66.7 Å². The van der Waals surface area contributed by atoms with Crippen LogP contribution in [0.2, 0.25) is 0 Å². The molecule has 1 atom stereocenters. The summed E-state index contributed by atoms with van der Waals surface area (Å²) in [6.07, 6.45) is 3.52. The highest BCUT2D eigenvalue weighted by molar-refractivity contribution is 5.85. The third-order valence-electron chi connectivity index (χ3n) is 5.54. The van der Waals surface area contributed by atoms with Gasteiger partial charge in [-0.15, -0.1) is 0 Å². The maximum absolute atomic E-state index is 13.4. The fourth-order valence-electron chi connectivity index (χ4n) is 3.99. The van der Waals surface area contributed by atoms with Crippen LogP contribution < -0.4 is 0 Å². The Hall–Kier alpha value is -3.73. The lowest BCUT2D eigenvalue weighted by Gasteiger charge is -2.34. The number of halogens is 1. The first kappa shape index (κ1) is 18.3. The molecule has 1 aliphatic heterocycles. The van der Waals surface area contributed by atoms with Crippen LogP contribution in [0.15, 0.2) is 91.4 Å². The Labute approximate surface area is 174 Å². The van der Waals surface area contributed by atoms with E-state index in [9.17, 15) is 9.18 Å². The molecule has 4 aromatic rings. The van der Waals surface area contributed by atoms with Crippen molar-refractivity contribution in [1.82, 2.24) is 14.5 Å². The molecule has 0 saturated carbocycles. The van der Waals surface area contributed by atoms with Crippen LogP contribution in [0.1, 0.15) is 22.9 Å². The standard InChI is InChI=1S/C25H20FN3O/c26-22-12-6-18(7-13-22)15-28-16-23-14-27-17-29(23)24(25(28)30)21-10-8-20(9-11-21)19-4-2-1-3-5-19/h1-14,17,24H,15-16H2. The number of hydrogen-bond donors (Lipinski definition) is 0. The molecule has 1 amide bonds. The lowest BCUT2D eigenvalue weighted by molar-refractivity contribution is -0.136. The van der Waals surface area contributed by atoms with Gasteiger partial charge in [-0.25, -0.2) is 9.37 Å². The van der Waals surface area contributed by atoms with E-state index in [0.29, 0.717) is 13.1 Å². The summed E-state index contributed by atoms with van der Waals surface area (Å²) in [7, 11) is 0. The number of benzene rings is 3. The van der Waals surface area contributed by atoms with Crippen molar-refractivity contribution in [3.8, 4) is 11.1 Å². The molecule has 148 valence electrons. The molecule has 0 spiro atoms. The van der Waals surface area contributed by atoms with Gasteiger partial charge in [0.1, 0.15) is 11.9 Å². The van der Waals surface area contributed by atoms with E-state index in [1.165, 1.54) is 12.1 Å². The molecule has 0 fully saturated rings. The van der Waals surface area contributed by atoms with Gasteiger partial charge in [0, 0.05) is 12.7 Å². The third-order valence-corrected chi connectivity index (χ3v) is 5.54. The lowest BCUT2D eigenvalue weighted by Crippen LogP contribution is -2.42. The molecule has 30 heavy (non-hydrogen) atoms. The predicted octanol–water partition coefficient (Wildman–Crippen LogP) is 4.82. The summed E-state index contributed by atoms with van der Waals surface area (Å²) in [5, 5.41) is 0. The van der Waals surface area contributed by atoms with Crippen molar-refractivity contribution >= 4 is 5.91 Å². The van der Waals surface area contributed by atoms with Gasteiger partial charge >= 0.3 is 0 Å². The average Bonchev–Trinajstić information content (AvgIpc) is 3.24. The maximum atomic E-state index is 13.4. The van der Waals surface area contributed by atoms with E-state index in [1.807, 2.05) is 47.0 Å². The van der Waals surface area contributed by atoms with Crippen molar-refractivity contribution in [2.45, 2.75) is 19.1 Å². The SMILES string of the molecule is O=C1C(c2ccc(-c3ccccc3)cc2)n2cncc2CN1Cc1ccc(F)cc1. The van der Waals surface area contributed by atoms with E-state index in [4.69, 9.17) is 0 Å². The Bertz CT molecular complexity index is 1170. The molecule has 1 aliphatic rings. The molecule has 1 unspecified atom stereocenters. The van der Waals surface area contributed by atoms with Crippen molar-refractivity contribution in [3.05, 3.63) is 114 Å². The quantitative estimate of drug-likeness (QED) is 0.495. The van der Waals surface area contributed by atoms with Crippen molar-refractivity contribution in [3.63, 3.8) is 0 Å². The van der Waals surface area contributed by atoms with Gasteiger partial charge in [-0.2, -0.15) is 0 Å². The summed E-state index contributed by atoms with van der Waals surface area (Å²) in [5.41, 5.74) is 5.05. The van der Waals surface area contributed by atoms with Crippen LogP contribution in [0.5, 0.6) is 0 Å². The maximum Gasteiger partial charge on any atom is 0.250 e. The molecule has 5 rings (SSSR count). The minimum absolute atomic E-state index is 0.0114. The van der Waals surface area contributed by atoms with Gasteiger partial charge in [0.2, 0.25) is 0 Å². The number of nitrogens with zero attached hydrogens (tertiary/aromatic N) is 3. The minimum Gasteiger partial charge on any atom is -0.330 e. The molecule has 2 heterocycles. The Morgan fingerprint density at radius 2 is 1.60 bits per heavy atom. The Morgan fingerprint density at radius 3 is 2.33 bits per heavy atom. The van der Waals surface area contributed by atoms with Crippen molar-refractivity contribution in [2.24, 2.45) is 0 Å². The largest absolute Gasteiger partial charge is 0.330 e. The zero-order valence-electron chi connectivity index (χ0n) is 16.3. The Balaban J connectivity index is 1.46. The number of aromatic nitrogens is 2. The second kappa shape index (κ2) is 7.59. The molecule has 3 aromatic carbocycles. The Kier molecular flexibility index (Phi) is 4.64. The number of carbonyl (C=O) groups is 1. The highest BCUT2D eigenvalue weighted by Crippen LogP contribution is 2.31. The number of imidazole rings is 1. The zero-order chi connectivity index (χ0) is 20.5. The number of fused-ring (bicyclic) bond motifs is 1. The van der Waals surface area contributed by atoms with Gasteiger partial charge in [-0.05, 0) is 34.4 Å². The van der Waals surface area contributed by atoms with Gasteiger partial charge < -0.3 is 9.47 Å². The summed E-state index contributed by atoms with van der Waals surface area (Å²) >= 11 is 0. The minimum atomic E-state index is -0.457. The number of rotatable bonds is 4.